The first-order chi connectivity index (χ1) is 8.62. The van der Waals surface area contributed by atoms with Crippen LogP contribution in [0.2, 0.25) is 0 Å². The number of aromatic hydroxyl groups is 1. The molecule has 0 unspecified atom stereocenters. The number of hydrogen-bond acceptors (Lipinski definition) is 5. The second kappa shape index (κ2) is 4.17. The minimum atomic E-state index is -4.65. The van der Waals surface area contributed by atoms with E-state index in [0.717, 1.165) is 18.2 Å². The van der Waals surface area contributed by atoms with Gasteiger partial charge in [-0.25, -0.2) is 0 Å². The van der Waals surface area contributed by atoms with Crippen molar-refractivity contribution >= 4 is 31.0 Å². The molecule has 0 aliphatic carbocycles. The fourth-order valence-electron chi connectivity index (χ4n) is 1.77. The van der Waals surface area contributed by atoms with Crippen molar-refractivity contribution in [3.05, 3.63) is 30.3 Å². The highest BCUT2D eigenvalue weighted by Gasteiger charge is 2.21. The molecule has 0 aliphatic heterocycles. The first-order valence-corrected chi connectivity index (χ1v) is 7.70. The van der Waals surface area contributed by atoms with E-state index in [1.807, 2.05) is 0 Å². The molecule has 0 aromatic heterocycles. The molecule has 9 heteroatoms. The van der Waals surface area contributed by atoms with Crippen LogP contribution in [0.5, 0.6) is 5.75 Å². The van der Waals surface area contributed by atoms with Crippen molar-refractivity contribution in [2.24, 2.45) is 0 Å². The molecule has 0 saturated heterocycles. The Morgan fingerprint density at radius 2 is 1.37 bits per heavy atom. The van der Waals surface area contributed by atoms with Crippen molar-refractivity contribution in [1.29, 1.82) is 0 Å². The SMILES string of the molecule is O=S(=O)(O)c1ccc(O)c2c(S(=O)(=O)O)cccc12. The summed E-state index contributed by atoms with van der Waals surface area (Å²) in [5.74, 6) is -0.532. The van der Waals surface area contributed by atoms with E-state index in [9.17, 15) is 21.9 Å². The molecule has 0 bridgehead atoms. The van der Waals surface area contributed by atoms with E-state index in [-0.39, 0.29) is 10.8 Å². The summed E-state index contributed by atoms with van der Waals surface area (Å²) in [6.07, 6.45) is 0. The molecule has 19 heavy (non-hydrogen) atoms. The number of phenolic OH excluding ortho intramolecular Hbond substituents is 1. The predicted molar refractivity (Wildman–Crippen MR) is 65.2 cm³/mol. The first-order valence-electron chi connectivity index (χ1n) is 4.82. The van der Waals surface area contributed by atoms with E-state index >= 15 is 0 Å². The molecule has 0 fully saturated rings. The van der Waals surface area contributed by atoms with Crippen molar-refractivity contribution in [2.75, 3.05) is 0 Å². The van der Waals surface area contributed by atoms with Gasteiger partial charge in [0.25, 0.3) is 20.2 Å². The van der Waals surface area contributed by atoms with Gasteiger partial charge < -0.3 is 5.11 Å². The molecule has 102 valence electrons. The summed E-state index contributed by atoms with van der Waals surface area (Å²) in [5.41, 5.74) is 0. The van der Waals surface area contributed by atoms with Crippen LogP contribution in [0.3, 0.4) is 0 Å². The quantitative estimate of drug-likeness (QED) is 0.707. The second-order valence-corrected chi connectivity index (χ2v) is 6.49. The Bertz CT molecular complexity index is 866. The lowest BCUT2D eigenvalue weighted by Crippen LogP contribution is -2.03. The average molecular weight is 304 g/mol. The lowest BCUT2D eigenvalue weighted by atomic mass is 10.1. The maximum atomic E-state index is 11.2. The Labute approximate surface area is 108 Å². The molecule has 0 heterocycles. The Kier molecular flexibility index (Phi) is 3.01. The van der Waals surface area contributed by atoms with Crippen molar-refractivity contribution < 1.29 is 31.0 Å². The highest BCUT2D eigenvalue weighted by atomic mass is 32.2. The predicted octanol–water partition coefficient (Wildman–Crippen LogP) is 1.04. The van der Waals surface area contributed by atoms with Gasteiger partial charge in [0.05, 0.1) is 0 Å². The summed E-state index contributed by atoms with van der Waals surface area (Å²) in [7, 11) is -9.25. The van der Waals surface area contributed by atoms with Crippen molar-refractivity contribution in [2.45, 2.75) is 9.79 Å². The van der Waals surface area contributed by atoms with E-state index in [0.29, 0.717) is 0 Å². The largest absolute Gasteiger partial charge is 0.507 e. The van der Waals surface area contributed by atoms with Crippen molar-refractivity contribution in [1.82, 2.24) is 0 Å². The highest BCUT2D eigenvalue weighted by molar-refractivity contribution is 7.86. The Morgan fingerprint density at radius 1 is 0.789 bits per heavy atom. The monoisotopic (exact) mass is 304 g/mol. The zero-order chi connectivity index (χ0) is 14.4. The molecule has 0 radical (unpaired) electrons. The number of rotatable bonds is 2. The molecule has 3 N–H and O–H groups in total. The first kappa shape index (κ1) is 13.7. The lowest BCUT2D eigenvalue weighted by molar-refractivity contribution is 0.472. The van der Waals surface area contributed by atoms with Crippen LogP contribution in [0, 0.1) is 0 Å². The van der Waals surface area contributed by atoms with E-state index in [2.05, 4.69) is 0 Å². The molecule has 0 atom stereocenters. The molecule has 0 amide bonds. The van der Waals surface area contributed by atoms with E-state index in [1.165, 1.54) is 12.1 Å². The Balaban J connectivity index is 3.09. The van der Waals surface area contributed by atoms with Gasteiger partial charge in [0.15, 0.2) is 0 Å². The summed E-state index contributed by atoms with van der Waals surface area (Å²) >= 11 is 0. The van der Waals surface area contributed by atoms with Crippen LogP contribution in [0.15, 0.2) is 40.1 Å². The molecule has 0 saturated carbocycles. The average Bonchev–Trinajstić information content (AvgIpc) is 2.25. The Morgan fingerprint density at radius 3 is 1.89 bits per heavy atom. The molecular formula is C10H8O7S2. The van der Waals surface area contributed by atoms with Gasteiger partial charge in [0, 0.05) is 10.8 Å². The third-order valence-corrected chi connectivity index (χ3v) is 4.30. The third kappa shape index (κ3) is 2.40. The number of hydrogen-bond donors (Lipinski definition) is 3. The lowest BCUT2D eigenvalue weighted by Gasteiger charge is -2.08. The van der Waals surface area contributed by atoms with Crippen LogP contribution in [0.4, 0.5) is 0 Å². The maximum absolute atomic E-state index is 11.2. The topological polar surface area (TPSA) is 129 Å². The van der Waals surface area contributed by atoms with Gasteiger partial charge in [0.1, 0.15) is 15.5 Å². The summed E-state index contributed by atoms with van der Waals surface area (Å²) < 4.78 is 62.9. The fraction of sp³-hybridized carbons (Fsp3) is 0. The van der Waals surface area contributed by atoms with Gasteiger partial charge in [-0.2, -0.15) is 16.8 Å². The van der Waals surface area contributed by atoms with Gasteiger partial charge in [0.2, 0.25) is 0 Å². The highest BCUT2D eigenvalue weighted by Crippen LogP contribution is 2.34. The number of phenols is 1. The van der Waals surface area contributed by atoms with Gasteiger partial charge >= 0.3 is 0 Å². The van der Waals surface area contributed by atoms with Crippen LogP contribution in [-0.2, 0) is 20.2 Å². The van der Waals surface area contributed by atoms with E-state index in [1.54, 1.807) is 0 Å². The van der Waals surface area contributed by atoms with E-state index < -0.39 is 35.8 Å². The van der Waals surface area contributed by atoms with Crippen LogP contribution in [0.1, 0.15) is 0 Å². The smallest absolute Gasteiger partial charge is 0.295 e. The normalized spacial score (nSPS) is 12.7. The second-order valence-electron chi connectivity index (χ2n) is 3.71. The minimum Gasteiger partial charge on any atom is -0.507 e. The van der Waals surface area contributed by atoms with E-state index in [4.69, 9.17) is 9.11 Å². The van der Waals surface area contributed by atoms with Crippen LogP contribution in [0.25, 0.3) is 10.8 Å². The number of fused-ring (bicyclic) bond motifs is 1. The van der Waals surface area contributed by atoms with Gasteiger partial charge in [-0.15, -0.1) is 0 Å². The van der Waals surface area contributed by atoms with Crippen LogP contribution in [-0.4, -0.2) is 31.0 Å². The molecule has 2 rings (SSSR count). The third-order valence-electron chi connectivity index (χ3n) is 2.50. The zero-order valence-electron chi connectivity index (χ0n) is 9.18. The molecule has 2 aromatic rings. The zero-order valence-corrected chi connectivity index (χ0v) is 10.8. The van der Waals surface area contributed by atoms with Crippen LogP contribution >= 0.6 is 0 Å². The van der Waals surface area contributed by atoms with Crippen molar-refractivity contribution in [3.8, 4) is 5.75 Å². The maximum Gasteiger partial charge on any atom is 0.295 e. The molecule has 7 nitrogen and oxygen atoms in total. The molecular weight excluding hydrogens is 296 g/mol. The fourth-order valence-corrected chi connectivity index (χ4v) is 3.18. The van der Waals surface area contributed by atoms with Gasteiger partial charge in [-0.1, -0.05) is 12.1 Å². The molecule has 0 spiro atoms. The summed E-state index contributed by atoms with van der Waals surface area (Å²) in [5, 5.41) is 9.07. The van der Waals surface area contributed by atoms with Crippen molar-refractivity contribution in [3.63, 3.8) is 0 Å². The minimum absolute atomic E-state index is 0.211. The Hall–Kier alpha value is -1.68. The molecule has 2 aromatic carbocycles. The van der Waals surface area contributed by atoms with Gasteiger partial charge in [-0.05, 0) is 18.2 Å². The summed E-state index contributed by atoms with van der Waals surface area (Å²) in [4.78, 5) is -1.21. The van der Waals surface area contributed by atoms with Gasteiger partial charge in [-0.3, -0.25) is 9.11 Å². The summed E-state index contributed by atoms with van der Waals surface area (Å²) in [6, 6.07) is 5.23. The molecule has 0 aliphatic rings. The standard InChI is InChI=1S/C10H8O7S2/c11-7-4-5-8(18(12,13)14)6-2-1-3-9(10(6)7)19(15,16)17/h1-5,11H,(H,12,13,14)(H,15,16,17). The van der Waals surface area contributed by atoms with Crippen LogP contribution < -0.4 is 0 Å². The summed E-state index contributed by atoms with van der Waals surface area (Å²) in [6.45, 7) is 0. The number of benzene rings is 2.